The highest BCUT2D eigenvalue weighted by atomic mass is 35.5. The molecule has 20 heavy (non-hydrogen) atoms. The molecule has 0 atom stereocenters. The summed E-state index contributed by atoms with van der Waals surface area (Å²) in [6.07, 6.45) is 3.56. The van der Waals surface area contributed by atoms with Gasteiger partial charge in [-0.1, -0.05) is 51.4 Å². The quantitative estimate of drug-likeness (QED) is 0.811. The minimum absolute atomic E-state index is 0.245. The first kappa shape index (κ1) is 15.8. The van der Waals surface area contributed by atoms with Crippen LogP contribution in [0.3, 0.4) is 0 Å². The van der Waals surface area contributed by atoms with Crippen LogP contribution >= 0.6 is 11.6 Å². The van der Waals surface area contributed by atoms with E-state index in [4.69, 9.17) is 11.6 Å². The third kappa shape index (κ3) is 3.95. The van der Waals surface area contributed by atoms with Gasteiger partial charge in [0.2, 0.25) is 0 Å². The van der Waals surface area contributed by atoms with Crippen molar-refractivity contribution in [2.75, 3.05) is 0 Å². The van der Waals surface area contributed by atoms with Gasteiger partial charge >= 0.3 is 0 Å². The van der Waals surface area contributed by atoms with Crippen LogP contribution in [0.25, 0.3) is 0 Å². The molecule has 2 rings (SSSR count). The summed E-state index contributed by atoms with van der Waals surface area (Å²) in [4.78, 5) is 0. The molecule has 3 heteroatoms. The summed E-state index contributed by atoms with van der Waals surface area (Å²) in [5.74, 6) is -0.338. The molecule has 1 saturated carbocycles. The lowest BCUT2D eigenvalue weighted by molar-refractivity contribution is 0.0845. The van der Waals surface area contributed by atoms with Gasteiger partial charge in [0.25, 0.3) is 0 Å². The Morgan fingerprint density at radius 3 is 2.40 bits per heavy atom. The average Bonchev–Trinajstić information content (AvgIpc) is 2.27. The zero-order chi connectivity index (χ0) is 15.0. The maximum absolute atomic E-state index is 13.4. The number of halogens is 2. The number of benzene rings is 1. The number of hydrogen-bond donors (Lipinski definition) is 1. The SMILES string of the molecule is CC1(C)CC(NCc2cccc(F)c2Cl)CC(C)(C)C1. The molecule has 0 spiro atoms. The number of nitrogens with one attached hydrogen (secondary N) is 1. The van der Waals surface area contributed by atoms with Gasteiger partial charge in [-0.25, -0.2) is 4.39 Å². The van der Waals surface area contributed by atoms with Crippen molar-refractivity contribution < 1.29 is 4.39 Å². The molecule has 0 unspecified atom stereocenters. The van der Waals surface area contributed by atoms with Gasteiger partial charge in [0.1, 0.15) is 5.82 Å². The fourth-order valence-corrected chi connectivity index (χ4v) is 4.12. The molecule has 1 fully saturated rings. The zero-order valence-electron chi connectivity index (χ0n) is 12.9. The summed E-state index contributed by atoms with van der Waals surface area (Å²) in [6.45, 7) is 9.96. The fourth-order valence-electron chi connectivity index (χ4n) is 3.93. The molecule has 1 nitrogen and oxygen atoms in total. The highest BCUT2D eigenvalue weighted by molar-refractivity contribution is 6.31. The van der Waals surface area contributed by atoms with E-state index in [0.29, 0.717) is 23.4 Å². The van der Waals surface area contributed by atoms with Gasteiger partial charge in [-0.15, -0.1) is 0 Å². The van der Waals surface area contributed by atoms with E-state index in [2.05, 4.69) is 33.0 Å². The molecule has 0 saturated heterocycles. The van der Waals surface area contributed by atoms with Gasteiger partial charge in [0.05, 0.1) is 5.02 Å². The Hall–Kier alpha value is -0.600. The molecule has 1 aliphatic rings. The van der Waals surface area contributed by atoms with Crippen molar-refractivity contribution in [2.24, 2.45) is 10.8 Å². The van der Waals surface area contributed by atoms with E-state index in [1.807, 2.05) is 6.07 Å². The van der Waals surface area contributed by atoms with E-state index < -0.39 is 0 Å². The van der Waals surface area contributed by atoms with Crippen molar-refractivity contribution in [3.63, 3.8) is 0 Å². The van der Waals surface area contributed by atoms with Crippen molar-refractivity contribution >= 4 is 11.6 Å². The van der Waals surface area contributed by atoms with Crippen molar-refractivity contribution in [2.45, 2.75) is 59.5 Å². The van der Waals surface area contributed by atoms with E-state index in [1.165, 1.54) is 12.5 Å². The smallest absolute Gasteiger partial charge is 0.142 e. The zero-order valence-corrected chi connectivity index (χ0v) is 13.6. The summed E-state index contributed by atoms with van der Waals surface area (Å²) < 4.78 is 13.4. The summed E-state index contributed by atoms with van der Waals surface area (Å²) in [6, 6.07) is 5.47. The van der Waals surface area contributed by atoms with E-state index in [1.54, 1.807) is 6.07 Å². The standard InChI is InChI=1S/C17H25ClFN/c1-16(2)8-13(9-17(3,4)11-16)20-10-12-6-5-7-14(19)15(12)18/h5-7,13,20H,8-11H2,1-4H3. The number of rotatable bonds is 3. The molecular weight excluding hydrogens is 273 g/mol. The summed E-state index contributed by atoms with van der Waals surface area (Å²) >= 11 is 6.01. The third-order valence-corrected chi connectivity index (χ3v) is 4.59. The van der Waals surface area contributed by atoms with Gasteiger partial charge in [-0.2, -0.15) is 0 Å². The predicted molar refractivity (Wildman–Crippen MR) is 83.5 cm³/mol. The van der Waals surface area contributed by atoms with E-state index in [0.717, 1.165) is 18.4 Å². The van der Waals surface area contributed by atoms with Crippen LogP contribution in [-0.2, 0) is 6.54 Å². The molecule has 112 valence electrons. The Morgan fingerprint density at radius 2 is 1.80 bits per heavy atom. The molecule has 1 aromatic rings. The monoisotopic (exact) mass is 297 g/mol. The second kappa shape index (κ2) is 5.65. The molecule has 1 N–H and O–H groups in total. The second-order valence-corrected chi connectivity index (χ2v) is 8.08. The van der Waals surface area contributed by atoms with Gasteiger partial charge in [0, 0.05) is 12.6 Å². The Balaban J connectivity index is 2.02. The van der Waals surface area contributed by atoms with E-state index in [-0.39, 0.29) is 10.8 Å². The van der Waals surface area contributed by atoms with E-state index in [9.17, 15) is 4.39 Å². The highest BCUT2D eigenvalue weighted by Crippen LogP contribution is 2.45. The van der Waals surface area contributed by atoms with Gasteiger partial charge in [-0.3, -0.25) is 0 Å². The molecule has 0 aromatic heterocycles. The molecule has 0 amide bonds. The first-order chi connectivity index (χ1) is 9.19. The Labute approximate surface area is 126 Å². The van der Waals surface area contributed by atoms with E-state index >= 15 is 0 Å². The van der Waals surface area contributed by atoms with Crippen LogP contribution in [0, 0.1) is 16.6 Å². The first-order valence-electron chi connectivity index (χ1n) is 7.35. The minimum atomic E-state index is -0.338. The van der Waals surface area contributed by atoms with Crippen molar-refractivity contribution in [1.82, 2.24) is 5.32 Å². The minimum Gasteiger partial charge on any atom is -0.310 e. The maximum Gasteiger partial charge on any atom is 0.142 e. The van der Waals surface area contributed by atoms with Crippen LogP contribution in [0.4, 0.5) is 4.39 Å². The molecule has 0 radical (unpaired) electrons. The van der Waals surface area contributed by atoms with Crippen LogP contribution in [0.15, 0.2) is 18.2 Å². The van der Waals surface area contributed by atoms with Crippen LogP contribution in [0.2, 0.25) is 5.02 Å². The number of hydrogen-bond acceptors (Lipinski definition) is 1. The van der Waals surface area contributed by atoms with Crippen LogP contribution < -0.4 is 5.32 Å². The third-order valence-electron chi connectivity index (χ3n) is 4.17. The van der Waals surface area contributed by atoms with Crippen molar-refractivity contribution in [3.05, 3.63) is 34.6 Å². The largest absolute Gasteiger partial charge is 0.310 e. The van der Waals surface area contributed by atoms with Crippen molar-refractivity contribution in [1.29, 1.82) is 0 Å². The van der Waals surface area contributed by atoms with Gasteiger partial charge in [0.15, 0.2) is 0 Å². The lowest BCUT2D eigenvalue weighted by atomic mass is 9.63. The Bertz CT molecular complexity index is 466. The molecule has 0 heterocycles. The first-order valence-corrected chi connectivity index (χ1v) is 7.73. The molecular formula is C17H25ClFN. The van der Waals surface area contributed by atoms with Crippen LogP contribution in [-0.4, -0.2) is 6.04 Å². The van der Waals surface area contributed by atoms with Gasteiger partial charge < -0.3 is 5.32 Å². The Morgan fingerprint density at radius 1 is 1.20 bits per heavy atom. The van der Waals surface area contributed by atoms with Crippen LogP contribution in [0.1, 0.15) is 52.5 Å². The second-order valence-electron chi connectivity index (χ2n) is 7.70. The maximum atomic E-state index is 13.4. The molecule has 1 aromatic carbocycles. The van der Waals surface area contributed by atoms with Crippen molar-refractivity contribution in [3.8, 4) is 0 Å². The van der Waals surface area contributed by atoms with Gasteiger partial charge in [-0.05, 0) is 41.7 Å². The average molecular weight is 298 g/mol. The Kier molecular flexibility index (Phi) is 4.46. The molecule has 0 bridgehead atoms. The molecule has 0 aliphatic heterocycles. The summed E-state index contributed by atoms with van der Waals surface area (Å²) in [5, 5.41) is 3.81. The predicted octanol–water partition coefficient (Wildman–Crippen LogP) is 5.17. The lowest BCUT2D eigenvalue weighted by Crippen LogP contribution is -2.43. The van der Waals surface area contributed by atoms with Crippen LogP contribution in [0.5, 0.6) is 0 Å². The highest BCUT2D eigenvalue weighted by Gasteiger charge is 2.38. The molecule has 1 aliphatic carbocycles. The normalized spacial score (nSPS) is 21.9. The summed E-state index contributed by atoms with van der Waals surface area (Å²) in [5.41, 5.74) is 1.55. The topological polar surface area (TPSA) is 12.0 Å². The summed E-state index contributed by atoms with van der Waals surface area (Å²) in [7, 11) is 0. The fraction of sp³-hybridized carbons (Fsp3) is 0.647. The lowest BCUT2D eigenvalue weighted by Gasteiger charge is -2.45.